The molecule has 8 nitrogen and oxygen atoms in total. The molecule has 0 atom stereocenters. The van der Waals surface area contributed by atoms with Crippen molar-refractivity contribution in [3.05, 3.63) is 78.4 Å². The lowest BCUT2D eigenvalue weighted by Gasteiger charge is -2.40. The van der Waals surface area contributed by atoms with Gasteiger partial charge in [0.2, 0.25) is 6.79 Å². The lowest BCUT2D eigenvalue weighted by atomic mass is 10.2. The summed E-state index contributed by atoms with van der Waals surface area (Å²) >= 11 is 15.4. The Balaban J connectivity index is 0.000000319. The quantitative estimate of drug-likeness (QED) is 0.230. The maximum Gasteiger partial charge on any atom is 0.409 e. The van der Waals surface area contributed by atoms with Crippen molar-refractivity contribution in [2.24, 2.45) is 0 Å². The first-order valence-electron chi connectivity index (χ1n) is 10.5. The Morgan fingerprint density at radius 2 is 1.41 bits per heavy atom. The van der Waals surface area contributed by atoms with Gasteiger partial charge in [-0.3, -0.25) is 0 Å². The van der Waals surface area contributed by atoms with Crippen LogP contribution in [-0.4, -0.2) is 43.2 Å². The molecule has 3 aromatic rings. The number of carbonyl (C=O) groups is 2. The van der Waals surface area contributed by atoms with Crippen LogP contribution in [0.2, 0.25) is 0 Å². The standard InChI is InChI=1S/C16H17NO4P2S4.C7H6O3/c1-17-16(18)21-11-20-13-5-9-15(10-6-13)23(25)26-22(24,27-23)14-7-3-12(19-2)4-8-14;8-6-4-2-1-3-5(6)7(9)10/h3-10H,11H2,1-2H3,(H,17,18);1-4,8H,(H,9,10). The highest BCUT2D eigenvalue weighted by atomic mass is 33.7. The van der Waals surface area contributed by atoms with Gasteiger partial charge in [-0.05, 0) is 60.7 Å². The van der Waals surface area contributed by atoms with Gasteiger partial charge in [-0.25, -0.2) is 9.59 Å². The number of benzene rings is 3. The second-order valence-corrected chi connectivity index (χ2v) is 28.4. The summed E-state index contributed by atoms with van der Waals surface area (Å²) < 4.78 is 11.9. The van der Waals surface area contributed by atoms with E-state index < -0.39 is 20.9 Å². The summed E-state index contributed by atoms with van der Waals surface area (Å²) in [7, 11) is 3.14. The molecular formula is C23H23NO7P2S4. The molecule has 1 saturated heterocycles. The zero-order chi connectivity index (χ0) is 27.1. The number of phenols is 1. The lowest BCUT2D eigenvalue weighted by molar-refractivity contribution is 0.0607. The van der Waals surface area contributed by atoms with Crippen LogP contribution in [0.3, 0.4) is 0 Å². The number of aromatic carboxylic acids is 1. The molecule has 3 N–H and O–H groups in total. The van der Waals surface area contributed by atoms with Crippen molar-refractivity contribution in [1.82, 2.24) is 5.32 Å². The molecule has 0 bridgehead atoms. The highest BCUT2D eigenvalue weighted by Gasteiger charge is 2.45. The molecule has 196 valence electrons. The third kappa shape index (κ3) is 7.66. The molecule has 14 heteroatoms. The monoisotopic (exact) mass is 615 g/mol. The van der Waals surface area contributed by atoms with Crippen LogP contribution in [0.4, 0.5) is 4.79 Å². The first-order chi connectivity index (χ1) is 17.6. The van der Waals surface area contributed by atoms with E-state index in [1.165, 1.54) is 24.5 Å². The first kappa shape index (κ1) is 29.4. The Hall–Kier alpha value is -2.20. The fourth-order valence-electron chi connectivity index (χ4n) is 2.85. The summed E-state index contributed by atoms with van der Waals surface area (Å²) in [6, 6.07) is 21.4. The third-order valence-electron chi connectivity index (χ3n) is 4.73. The smallest absolute Gasteiger partial charge is 0.409 e. The largest absolute Gasteiger partial charge is 0.507 e. The summed E-state index contributed by atoms with van der Waals surface area (Å²) in [4.78, 5) is 21.3. The summed E-state index contributed by atoms with van der Waals surface area (Å²) in [5.74, 6) is 0.133. The molecule has 0 unspecified atom stereocenters. The van der Waals surface area contributed by atoms with Gasteiger partial charge in [-0.1, -0.05) is 57.7 Å². The Morgan fingerprint density at radius 3 is 1.84 bits per heavy atom. The summed E-state index contributed by atoms with van der Waals surface area (Å²) in [5.41, 5.74) is -0.0671. The minimum absolute atomic E-state index is 0.0671. The molecule has 0 radical (unpaired) electrons. The number of para-hydroxylation sites is 1. The zero-order valence-electron chi connectivity index (χ0n) is 19.6. The minimum Gasteiger partial charge on any atom is -0.507 e. The molecular weight excluding hydrogens is 592 g/mol. The second-order valence-electron chi connectivity index (χ2n) is 7.12. The number of nitrogens with one attached hydrogen (secondary N) is 1. The van der Waals surface area contributed by atoms with Crippen LogP contribution in [0.25, 0.3) is 0 Å². The minimum atomic E-state index is -1.79. The predicted molar refractivity (Wildman–Crippen MR) is 159 cm³/mol. The SMILES string of the molecule is CNC(=O)OCOc1ccc(P2(=S)SP(=S)(c3ccc(OC)cc3)S2)cc1.O=C(O)c1ccccc1O. The Kier molecular flexibility index (Phi) is 10.3. The normalized spacial score (nSPS) is 19.8. The van der Waals surface area contributed by atoms with Crippen molar-refractivity contribution in [3.8, 4) is 17.2 Å². The van der Waals surface area contributed by atoms with Crippen LogP contribution in [0.5, 0.6) is 17.2 Å². The predicted octanol–water partition coefficient (Wildman–Crippen LogP) is 5.53. The topological polar surface area (TPSA) is 114 Å². The van der Waals surface area contributed by atoms with Crippen molar-refractivity contribution < 1.29 is 34.0 Å². The van der Waals surface area contributed by atoms with Gasteiger partial charge in [-0.2, -0.15) is 0 Å². The maximum atomic E-state index is 11.0. The van der Waals surface area contributed by atoms with Gasteiger partial charge in [0.1, 0.15) is 22.8 Å². The number of carboxylic acid groups (broad SMARTS) is 1. The van der Waals surface area contributed by atoms with Crippen molar-refractivity contribution in [1.29, 1.82) is 0 Å². The summed E-state index contributed by atoms with van der Waals surface area (Å²) in [6.45, 7) is -0.144. The highest BCUT2D eigenvalue weighted by Crippen LogP contribution is 3.04. The first-order valence-corrected chi connectivity index (χ1v) is 20.1. The number of amides is 1. The average molecular weight is 616 g/mol. The average Bonchev–Trinajstić information content (AvgIpc) is 2.88. The van der Waals surface area contributed by atoms with Gasteiger partial charge in [0.05, 0.1) is 16.0 Å². The van der Waals surface area contributed by atoms with Crippen LogP contribution < -0.4 is 25.4 Å². The Morgan fingerprint density at radius 1 is 0.892 bits per heavy atom. The zero-order valence-corrected chi connectivity index (χ0v) is 24.7. The maximum absolute atomic E-state index is 11.0. The van der Waals surface area contributed by atoms with Crippen molar-refractivity contribution in [2.75, 3.05) is 21.0 Å². The van der Waals surface area contributed by atoms with Gasteiger partial charge < -0.3 is 29.7 Å². The number of carboxylic acids is 1. The molecule has 1 fully saturated rings. The Bertz CT molecular complexity index is 1340. The number of carbonyl (C=O) groups excluding carboxylic acids is 1. The van der Waals surface area contributed by atoms with Crippen LogP contribution in [-0.2, 0) is 28.4 Å². The Labute approximate surface area is 232 Å². The van der Waals surface area contributed by atoms with Crippen LogP contribution in [0, 0.1) is 0 Å². The van der Waals surface area contributed by atoms with E-state index in [-0.39, 0.29) is 18.1 Å². The van der Waals surface area contributed by atoms with E-state index in [1.54, 1.807) is 41.2 Å². The molecule has 0 spiro atoms. The van der Waals surface area contributed by atoms with E-state index in [0.717, 1.165) is 11.1 Å². The number of methoxy groups -OCH3 is 1. The molecule has 37 heavy (non-hydrogen) atoms. The second kappa shape index (κ2) is 13.0. The van der Waals surface area contributed by atoms with E-state index in [9.17, 15) is 9.59 Å². The molecule has 0 aromatic heterocycles. The van der Waals surface area contributed by atoms with Crippen molar-refractivity contribution in [2.45, 2.75) is 0 Å². The fraction of sp³-hybridized carbons (Fsp3) is 0.130. The van der Waals surface area contributed by atoms with E-state index in [4.69, 9.17) is 48.0 Å². The lowest BCUT2D eigenvalue weighted by Crippen LogP contribution is -2.21. The molecule has 0 aliphatic carbocycles. The van der Waals surface area contributed by atoms with Gasteiger partial charge in [-0.15, -0.1) is 0 Å². The number of hydrogen-bond acceptors (Lipinski definition) is 10. The number of ether oxygens (including phenoxy) is 3. The van der Waals surface area contributed by atoms with E-state index >= 15 is 0 Å². The summed E-state index contributed by atoms with van der Waals surface area (Å²) in [5, 5.41) is 21.9. The molecule has 4 rings (SSSR count). The molecule has 1 aliphatic rings. The molecule has 1 heterocycles. The van der Waals surface area contributed by atoms with Gasteiger partial charge >= 0.3 is 12.1 Å². The molecule has 1 amide bonds. The summed E-state index contributed by atoms with van der Waals surface area (Å²) in [6.07, 6.45) is -0.534. The molecule has 1 aliphatic heterocycles. The number of hydrogen-bond donors (Lipinski definition) is 3. The number of aromatic hydroxyl groups is 1. The number of alkyl carbamates (subject to hydrolysis) is 1. The highest BCUT2D eigenvalue weighted by molar-refractivity contribution is 9.48. The third-order valence-corrected chi connectivity index (χ3v) is 36.0. The number of rotatable bonds is 7. The van der Waals surface area contributed by atoms with E-state index in [1.807, 2.05) is 48.5 Å². The van der Waals surface area contributed by atoms with Gasteiger partial charge in [0, 0.05) is 17.7 Å². The van der Waals surface area contributed by atoms with Crippen LogP contribution in [0.15, 0.2) is 72.8 Å². The van der Waals surface area contributed by atoms with Gasteiger partial charge in [0.25, 0.3) is 0 Å². The molecule has 0 saturated carbocycles. The van der Waals surface area contributed by atoms with Gasteiger partial charge in [0.15, 0.2) is 0 Å². The van der Waals surface area contributed by atoms with E-state index in [2.05, 4.69) is 5.32 Å². The fourth-order valence-corrected chi connectivity index (χ4v) is 45.1. The van der Waals surface area contributed by atoms with Crippen molar-refractivity contribution in [3.63, 3.8) is 0 Å². The van der Waals surface area contributed by atoms with E-state index in [0.29, 0.717) is 5.75 Å². The molecule has 3 aromatic carbocycles. The van der Waals surface area contributed by atoms with Crippen LogP contribution >= 0.6 is 30.9 Å². The van der Waals surface area contributed by atoms with Crippen molar-refractivity contribution >= 4 is 77.2 Å². The van der Waals surface area contributed by atoms with Crippen LogP contribution in [0.1, 0.15) is 10.4 Å².